The Bertz CT molecular complexity index is 1970. The Morgan fingerprint density at radius 3 is 0.802 bits per heavy atom. The van der Waals surface area contributed by atoms with Crippen LogP contribution in [0.15, 0.2) is 36.5 Å². The molecule has 0 fully saturated rings. The van der Waals surface area contributed by atoms with Crippen LogP contribution in [0.4, 0.5) is 0 Å². The molecule has 0 aliphatic rings. The lowest BCUT2D eigenvalue weighted by Crippen LogP contribution is -2.30. The van der Waals surface area contributed by atoms with Crippen molar-refractivity contribution in [3.8, 4) is 0 Å². The number of carbonyl (C=O) groups is 4. The second-order valence-corrected chi connectivity index (χ2v) is 29.6. The molecule has 0 aromatic carbocycles. The van der Waals surface area contributed by atoms with Crippen molar-refractivity contribution >= 4 is 39.5 Å². The molecule has 0 saturated carbocycles. The molecule has 5 atom stereocenters. The second-order valence-electron chi connectivity index (χ2n) is 26.7. The van der Waals surface area contributed by atoms with Crippen molar-refractivity contribution in [2.24, 2.45) is 0 Å². The number of aliphatic hydroxyl groups excluding tert-OH is 1. The lowest BCUT2D eigenvalue weighted by molar-refractivity contribution is -0.161. The zero-order valence-electron chi connectivity index (χ0n) is 61.6. The highest BCUT2D eigenvalue weighted by atomic mass is 31.2. The van der Waals surface area contributed by atoms with Crippen LogP contribution in [-0.4, -0.2) is 96.7 Å². The van der Waals surface area contributed by atoms with Crippen LogP contribution in [0.2, 0.25) is 0 Å². The minimum absolute atomic E-state index is 0.0999. The third-order valence-corrected chi connectivity index (χ3v) is 19.0. The summed E-state index contributed by atoms with van der Waals surface area (Å²) >= 11 is 0. The molecule has 0 aliphatic carbocycles. The van der Waals surface area contributed by atoms with E-state index in [0.717, 1.165) is 128 Å². The van der Waals surface area contributed by atoms with Crippen LogP contribution in [0.5, 0.6) is 0 Å². The predicted molar refractivity (Wildman–Crippen MR) is 391 cm³/mol. The van der Waals surface area contributed by atoms with E-state index in [4.69, 9.17) is 37.0 Å². The average Bonchev–Trinajstić information content (AvgIpc) is 1.11. The average molecular weight is 1400 g/mol. The topological polar surface area (TPSA) is 237 Å². The quantitative estimate of drug-likeness (QED) is 0.0169. The molecule has 0 radical (unpaired) electrons. The van der Waals surface area contributed by atoms with Crippen molar-refractivity contribution in [3.05, 3.63) is 36.5 Å². The Balaban J connectivity index is 5.25. The predicted octanol–water partition coefficient (Wildman–Crippen LogP) is 22.3. The molecule has 0 aliphatic heterocycles. The van der Waals surface area contributed by atoms with Gasteiger partial charge in [-0.15, -0.1) is 0 Å². The van der Waals surface area contributed by atoms with E-state index in [2.05, 4.69) is 64.2 Å². The number of phosphoric acid groups is 2. The molecule has 0 heterocycles. The summed E-state index contributed by atoms with van der Waals surface area (Å²) in [5.41, 5.74) is 0. The lowest BCUT2D eigenvalue weighted by Gasteiger charge is -2.21. The van der Waals surface area contributed by atoms with Crippen LogP contribution in [0.3, 0.4) is 0 Å². The molecule has 0 rings (SSSR count). The van der Waals surface area contributed by atoms with Gasteiger partial charge in [0.25, 0.3) is 0 Å². The van der Waals surface area contributed by atoms with E-state index in [9.17, 15) is 43.2 Å². The number of rotatable bonds is 75. The first-order valence-corrected chi connectivity index (χ1v) is 42.2. The maximum atomic E-state index is 13.1. The molecule has 17 nitrogen and oxygen atoms in total. The summed E-state index contributed by atoms with van der Waals surface area (Å²) in [6, 6.07) is 0. The van der Waals surface area contributed by atoms with Gasteiger partial charge in [0.15, 0.2) is 12.2 Å². The molecule has 0 saturated heterocycles. The third kappa shape index (κ3) is 69.7. The van der Waals surface area contributed by atoms with Gasteiger partial charge in [-0.3, -0.25) is 37.3 Å². The maximum absolute atomic E-state index is 13.1. The second kappa shape index (κ2) is 70.7. The lowest BCUT2D eigenvalue weighted by atomic mass is 10.0. The van der Waals surface area contributed by atoms with Gasteiger partial charge in [-0.25, -0.2) is 9.13 Å². The van der Waals surface area contributed by atoms with Gasteiger partial charge in [0, 0.05) is 25.7 Å². The van der Waals surface area contributed by atoms with Crippen molar-refractivity contribution in [1.82, 2.24) is 0 Å². The van der Waals surface area contributed by atoms with Crippen LogP contribution >= 0.6 is 15.6 Å². The normalized spacial score (nSPS) is 14.1. The van der Waals surface area contributed by atoms with Crippen molar-refractivity contribution in [1.29, 1.82) is 0 Å². The molecular formula is C77H144O17P2. The number of unbranched alkanes of at least 4 members (excludes halogenated alkanes) is 43. The fourth-order valence-corrected chi connectivity index (χ4v) is 12.7. The molecule has 564 valence electrons. The number of carbonyl (C=O) groups excluding carboxylic acids is 4. The molecule has 3 N–H and O–H groups in total. The molecular weight excluding hydrogens is 1260 g/mol. The summed E-state index contributed by atoms with van der Waals surface area (Å²) in [7, 11) is -9.92. The maximum Gasteiger partial charge on any atom is 0.472 e. The van der Waals surface area contributed by atoms with E-state index in [-0.39, 0.29) is 25.7 Å². The SMILES string of the molecule is CCCCC/C=C\C/C=C\C/C=C\CCCCCCCCC(=O)OCC(COP(=O)(O)OCC(O)COP(=O)(O)OCC(COC(=O)CCCCCCCCCCCCCCC)OC(=O)CCCCCCCCCCCCCCC)OC(=O)CCCCCCCCCCCCC. The minimum atomic E-state index is -4.96. The third-order valence-electron chi connectivity index (χ3n) is 17.1. The number of hydrogen-bond acceptors (Lipinski definition) is 15. The zero-order chi connectivity index (χ0) is 70.4. The van der Waals surface area contributed by atoms with E-state index in [1.54, 1.807) is 0 Å². The van der Waals surface area contributed by atoms with Gasteiger partial charge in [0.05, 0.1) is 26.4 Å². The summed E-state index contributed by atoms with van der Waals surface area (Å²) in [6.45, 7) is 4.91. The van der Waals surface area contributed by atoms with Crippen LogP contribution in [0.1, 0.15) is 374 Å². The molecule has 0 amide bonds. The zero-order valence-corrected chi connectivity index (χ0v) is 63.4. The van der Waals surface area contributed by atoms with Gasteiger partial charge >= 0.3 is 39.5 Å². The van der Waals surface area contributed by atoms with Crippen molar-refractivity contribution in [2.75, 3.05) is 39.6 Å². The number of esters is 4. The monoisotopic (exact) mass is 1400 g/mol. The van der Waals surface area contributed by atoms with E-state index >= 15 is 0 Å². The molecule has 0 bridgehead atoms. The highest BCUT2D eigenvalue weighted by Crippen LogP contribution is 2.45. The Morgan fingerprint density at radius 1 is 0.292 bits per heavy atom. The summed E-state index contributed by atoms with van der Waals surface area (Å²) in [4.78, 5) is 72.8. The Hall–Kier alpha value is -2.72. The molecule has 5 unspecified atom stereocenters. The summed E-state index contributed by atoms with van der Waals surface area (Å²) in [5, 5.41) is 10.6. The molecule has 19 heteroatoms. The van der Waals surface area contributed by atoms with Crippen LogP contribution in [0, 0.1) is 0 Å². The van der Waals surface area contributed by atoms with Gasteiger partial charge in [0.2, 0.25) is 0 Å². The largest absolute Gasteiger partial charge is 0.472 e. The fraction of sp³-hybridized carbons (Fsp3) is 0.870. The molecule has 0 spiro atoms. The Labute approximate surface area is 585 Å². The molecule has 0 aromatic heterocycles. The highest BCUT2D eigenvalue weighted by molar-refractivity contribution is 7.47. The summed E-state index contributed by atoms with van der Waals surface area (Å²) < 4.78 is 68.5. The standard InChI is InChI=1S/C77H144O17P2/c1-5-9-13-17-21-25-29-32-33-34-35-36-37-40-43-46-50-54-58-62-75(80)88-67-72(93-76(81)63-59-55-51-47-41-28-24-20-16-12-8-4)69-91-95(83,84)89-65-71(78)66-90-96(85,86)92-70-73(94-77(82)64-60-56-52-48-44-39-31-27-23-19-15-11-7-3)68-87-74(79)61-57-53-49-45-42-38-30-26-22-18-14-10-6-2/h21,25,32-33,35-36,71-73,78H,5-20,22-24,26-31,34,37-70H2,1-4H3,(H,83,84)(H,85,86)/b25-21-,33-32-,36-35-. The van der Waals surface area contributed by atoms with Gasteiger partial charge in [0.1, 0.15) is 19.3 Å². The Kier molecular flexibility index (Phi) is 68.7. The summed E-state index contributed by atoms with van der Waals surface area (Å²) in [5.74, 6) is -2.14. The minimum Gasteiger partial charge on any atom is -0.462 e. The van der Waals surface area contributed by atoms with Crippen LogP contribution in [0.25, 0.3) is 0 Å². The van der Waals surface area contributed by atoms with Crippen LogP contribution in [-0.2, 0) is 65.4 Å². The van der Waals surface area contributed by atoms with Gasteiger partial charge in [-0.1, -0.05) is 321 Å². The van der Waals surface area contributed by atoms with E-state index in [1.165, 1.54) is 167 Å². The van der Waals surface area contributed by atoms with Gasteiger partial charge in [-0.05, 0) is 64.2 Å². The molecule has 96 heavy (non-hydrogen) atoms. The first kappa shape index (κ1) is 93.3. The summed E-state index contributed by atoms with van der Waals surface area (Å²) in [6.07, 6.45) is 65.5. The molecule has 0 aromatic rings. The number of phosphoric ester groups is 2. The van der Waals surface area contributed by atoms with Crippen molar-refractivity contribution < 1.29 is 80.2 Å². The fourth-order valence-electron chi connectivity index (χ4n) is 11.1. The van der Waals surface area contributed by atoms with Gasteiger partial charge in [-0.2, -0.15) is 0 Å². The first-order chi connectivity index (χ1) is 46.7. The van der Waals surface area contributed by atoms with Crippen LogP contribution < -0.4 is 0 Å². The number of ether oxygens (including phenoxy) is 4. The highest BCUT2D eigenvalue weighted by Gasteiger charge is 2.30. The number of aliphatic hydroxyl groups is 1. The number of allylic oxidation sites excluding steroid dienone is 6. The van der Waals surface area contributed by atoms with E-state index in [1.807, 2.05) is 0 Å². The van der Waals surface area contributed by atoms with E-state index in [0.29, 0.717) is 25.7 Å². The Morgan fingerprint density at radius 2 is 0.510 bits per heavy atom. The van der Waals surface area contributed by atoms with Gasteiger partial charge < -0.3 is 33.8 Å². The van der Waals surface area contributed by atoms with E-state index < -0.39 is 97.5 Å². The first-order valence-electron chi connectivity index (χ1n) is 39.2. The smallest absolute Gasteiger partial charge is 0.462 e. The number of hydrogen-bond donors (Lipinski definition) is 3. The van der Waals surface area contributed by atoms with Crippen molar-refractivity contribution in [3.63, 3.8) is 0 Å². The van der Waals surface area contributed by atoms with Crippen molar-refractivity contribution in [2.45, 2.75) is 393 Å².